The van der Waals surface area contributed by atoms with Crippen LogP contribution in [0.2, 0.25) is 0 Å². The Morgan fingerprint density at radius 2 is 2.00 bits per heavy atom. The predicted molar refractivity (Wildman–Crippen MR) is 81.3 cm³/mol. The van der Waals surface area contributed by atoms with E-state index in [0.29, 0.717) is 16.9 Å². The second kappa shape index (κ2) is 6.47. The minimum Gasteiger partial charge on any atom is -0.465 e. The summed E-state index contributed by atoms with van der Waals surface area (Å²) < 4.78 is 4.70. The van der Waals surface area contributed by atoms with E-state index >= 15 is 0 Å². The third kappa shape index (κ3) is 3.45. The van der Waals surface area contributed by atoms with Gasteiger partial charge in [0.25, 0.3) is 0 Å². The molecule has 0 saturated carbocycles. The van der Waals surface area contributed by atoms with Crippen molar-refractivity contribution in [2.75, 3.05) is 44.4 Å². The molecule has 0 aliphatic carbocycles. The Bertz CT molecular complexity index is 539. The van der Waals surface area contributed by atoms with Gasteiger partial charge in [0.2, 0.25) is 5.91 Å². The Labute approximate surface area is 124 Å². The predicted octanol–water partition coefficient (Wildman–Crippen LogP) is 1.11. The molecule has 0 bridgehead atoms. The molecule has 114 valence electrons. The maximum absolute atomic E-state index is 12.2. The summed E-state index contributed by atoms with van der Waals surface area (Å²) in [6.45, 7) is 1.89. The minimum absolute atomic E-state index is 0.0814. The van der Waals surface area contributed by atoms with Gasteiger partial charge >= 0.3 is 5.97 Å². The number of methoxy groups -OCH3 is 1. The highest BCUT2D eigenvalue weighted by Gasteiger charge is 2.20. The molecule has 1 aromatic carbocycles. The third-order valence-corrected chi connectivity index (χ3v) is 3.69. The molecule has 1 aliphatic rings. The van der Waals surface area contributed by atoms with Gasteiger partial charge in [-0.25, -0.2) is 4.79 Å². The molecule has 1 aromatic rings. The first kappa shape index (κ1) is 15.2. The third-order valence-electron chi connectivity index (χ3n) is 3.69. The number of rotatable bonds is 4. The summed E-state index contributed by atoms with van der Waals surface area (Å²) in [5, 5.41) is 0. The van der Waals surface area contributed by atoms with Crippen molar-refractivity contribution in [1.29, 1.82) is 0 Å². The lowest BCUT2D eigenvalue weighted by Gasteiger charge is -2.24. The molecule has 2 rings (SSSR count). The highest BCUT2D eigenvalue weighted by molar-refractivity contribution is 5.92. The number of hydrogen-bond acceptors (Lipinski definition) is 5. The van der Waals surface area contributed by atoms with E-state index in [1.807, 2.05) is 4.90 Å². The molecule has 0 radical (unpaired) electrons. The monoisotopic (exact) mass is 291 g/mol. The Balaban J connectivity index is 2.12. The number of hydrogen-bond donors (Lipinski definition) is 1. The average Bonchev–Trinajstić information content (AvgIpc) is 3.01. The Hall–Kier alpha value is -2.24. The van der Waals surface area contributed by atoms with Crippen LogP contribution in [0, 0.1) is 0 Å². The number of carbonyl (C=O) groups is 2. The molecule has 2 N–H and O–H groups in total. The number of likely N-dealkylation sites (tertiary alicyclic amines) is 1. The van der Waals surface area contributed by atoms with Crippen LogP contribution in [0.4, 0.5) is 11.4 Å². The maximum atomic E-state index is 12.2. The summed E-state index contributed by atoms with van der Waals surface area (Å²) in [6.07, 6.45) is 2.13. The van der Waals surface area contributed by atoms with Gasteiger partial charge in [0.1, 0.15) is 0 Å². The first-order valence-corrected chi connectivity index (χ1v) is 6.99. The SMILES string of the molecule is COC(=O)c1ccc(N)c(N(C)CC(=O)N2CCCC2)c1. The van der Waals surface area contributed by atoms with Gasteiger partial charge < -0.3 is 20.3 Å². The van der Waals surface area contributed by atoms with Crippen LogP contribution in [0.1, 0.15) is 23.2 Å². The van der Waals surface area contributed by atoms with Crippen molar-refractivity contribution in [2.45, 2.75) is 12.8 Å². The minimum atomic E-state index is -0.421. The quantitative estimate of drug-likeness (QED) is 0.664. The normalized spacial score (nSPS) is 14.1. The molecule has 1 heterocycles. The Morgan fingerprint density at radius 1 is 1.33 bits per heavy atom. The molecule has 0 atom stereocenters. The van der Waals surface area contributed by atoms with Crippen LogP contribution in [0.3, 0.4) is 0 Å². The lowest BCUT2D eigenvalue weighted by molar-refractivity contribution is -0.128. The number of nitrogen functional groups attached to an aromatic ring is 1. The number of nitrogens with two attached hydrogens (primary N) is 1. The average molecular weight is 291 g/mol. The first-order valence-electron chi connectivity index (χ1n) is 6.99. The molecule has 0 aromatic heterocycles. The van der Waals surface area contributed by atoms with E-state index in [9.17, 15) is 9.59 Å². The van der Waals surface area contributed by atoms with Crippen molar-refractivity contribution >= 4 is 23.3 Å². The Kier molecular flexibility index (Phi) is 4.67. The summed E-state index contributed by atoms with van der Waals surface area (Å²) in [5.74, 6) is -0.339. The fourth-order valence-corrected chi connectivity index (χ4v) is 2.47. The zero-order valence-electron chi connectivity index (χ0n) is 12.5. The van der Waals surface area contributed by atoms with Crippen molar-refractivity contribution in [3.05, 3.63) is 23.8 Å². The second-order valence-corrected chi connectivity index (χ2v) is 5.21. The molecule has 21 heavy (non-hydrogen) atoms. The zero-order valence-corrected chi connectivity index (χ0v) is 12.5. The summed E-state index contributed by atoms with van der Waals surface area (Å²) in [4.78, 5) is 27.4. The number of esters is 1. The molecule has 1 aliphatic heterocycles. The topological polar surface area (TPSA) is 75.9 Å². The van der Waals surface area contributed by atoms with Crippen LogP contribution in [-0.4, -0.2) is 50.6 Å². The van der Waals surface area contributed by atoms with Crippen molar-refractivity contribution in [3.8, 4) is 0 Å². The summed E-state index contributed by atoms with van der Waals surface area (Å²) in [5.41, 5.74) is 7.55. The van der Waals surface area contributed by atoms with E-state index in [0.717, 1.165) is 25.9 Å². The summed E-state index contributed by atoms with van der Waals surface area (Å²) in [6, 6.07) is 4.91. The lowest BCUT2D eigenvalue weighted by atomic mass is 10.1. The van der Waals surface area contributed by atoms with Crippen LogP contribution in [0.5, 0.6) is 0 Å². The van der Waals surface area contributed by atoms with Crippen molar-refractivity contribution in [2.24, 2.45) is 0 Å². The van der Waals surface area contributed by atoms with Gasteiger partial charge in [0.15, 0.2) is 0 Å². The number of carbonyl (C=O) groups excluding carboxylic acids is 2. The highest BCUT2D eigenvalue weighted by Crippen LogP contribution is 2.24. The first-order chi connectivity index (χ1) is 10.0. The standard InChI is InChI=1S/C15H21N3O3/c1-17(10-14(19)18-7-3-4-8-18)13-9-11(15(20)21-2)5-6-12(13)16/h5-6,9H,3-4,7-8,10,16H2,1-2H3. The van der Waals surface area contributed by atoms with Crippen LogP contribution in [0.25, 0.3) is 0 Å². The highest BCUT2D eigenvalue weighted by atomic mass is 16.5. The van der Waals surface area contributed by atoms with Crippen molar-refractivity contribution in [3.63, 3.8) is 0 Å². The van der Waals surface area contributed by atoms with E-state index in [2.05, 4.69) is 0 Å². The van der Waals surface area contributed by atoms with Crippen LogP contribution in [0.15, 0.2) is 18.2 Å². The zero-order chi connectivity index (χ0) is 15.4. The largest absolute Gasteiger partial charge is 0.465 e. The number of nitrogens with zero attached hydrogens (tertiary/aromatic N) is 2. The molecule has 1 fully saturated rings. The number of likely N-dealkylation sites (N-methyl/N-ethyl adjacent to an activating group) is 1. The van der Waals surface area contributed by atoms with E-state index in [4.69, 9.17) is 10.5 Å². The fourth-order valence-electron chi connectivity index (χ4n) is 2.47. The molecular formula is C15H21N3O3. The van der Waals surface area contributed by atoms with E-state index < -0.39 is 5.97 Å². The molecule has 0 unspecified atom stereocenters. The fraction of sp³-hybridized carbons (Fsp3) is 0.467. The van der Waals surface area contributed by atoms with Crippen LogP contribution < -0.4 is 10.6 Å². The smallest absolute Gasteiger partial charge is 0.337 e. The van der Waals surface area contributed by atoms with E-state index in [1.165, 1.54) is 7.11 Å². The number of ether oxygens (including phenoxy) is 1. The van der Waals surface area contributed by atoms with Crippen molar-refractivity contribution in [1.82, 2.24) is 4.90 Å². The van der Waals surface area contributed by atoms with E-state index in [1.54, 1.807) is 30.1 Å². The van der Waals surface area contributed by atoms with Gasteiger partial charge in [-0.3, -0.25) is 4.79 Å². The van der Waals surface area contributed by atoms with Gasteiger partial charge in [-0.15, -0.1) is 0 Å². The lowest BCUT2D eigenvalue weighted by Crippen LogP contribution is -2.37. The second-order valence-electron chi connectivity index (χ2n) is 5.21. The van der Waals surface area contributed by atoms with Gasteiger partial charge in [0.05, 0.1) is 30.6 Å². The summed E-state index contributed by atoms with van der Waals surface area (Å²) in [7, 11) is 3.12. The van der Waals surface area contributed by atoms with Crippen LogP contribution >= 0.6 is 0 Å². The van der Waals surface area contributed by atoms with Crippen molar-refractivity contribution < 1.29 is 14.3 Å². The molecule has 6 heteroatoms. The number of amides is 1. The molecule has 1 amide bonds. The molecular weight excluding hydrogens is 270 g/mol. The molecule has 1 saturated heterocycles. The van der Waals surface area contributed by atoms with E-state index in [-0.39, 0.29) is 12.5 Å². The molecule has 6 nitrogen and oxygen atoms in total. The van der Waals surface area contributed by atoms with Gasteiger partial charge in [-0.2, -0.15) is 0 Å². The molecule has 0 spiro atoms. The summed E-state index contributed by atoms with van der Waals surface area (Å²) >= 11 is 0. The Morgan fingerprint density at radius 3 is 2.62 bits per heavy atom. The van der Waals surface area contributed by atoms with Gasteiger partial charge in [-0.05, 0) is 31.0 Å². The van der Waals surface area contributed by atoms with Crippen LogP contribution in [-0.2, 0) is 9.53 Å². The maximum Gasteiger partial charge on any atom is 0.337 e. The number of benzene rings is 1. The van der Waals surface area contributed by atoms with Gasteiger partial charge in [-0.1, -0.05) is 0 Å². The van der Waals surface area contributed by atoms with Gasteiger partial charge in [0, 0.05) is 20.1 Å². The number of anilines is 2.